The summed E-state index contributed by atoms with van der Waals surface area (Å²) >= 11 is 0. The second-order valence-corrected chi connectivity index (χ2v) is 5.75. The zero-order chi connectivity index (χ0) is 17.7. The van der Waals surface area contributed by atoms with Gasteiger partial charge in [-0.1, -0.05) is 24.3 Å². The molecule has 0 saturated heterocycles. The number of rotatable bonds is 6. The van der Waals surface area contributed by atoms with Gasteiger partial charge in [-0.2, -0.15) is 0 Å². The molecular formula is C20H25NO3. The predicted molar refractivity (Wildman–Crippen MR) is 95.9 cm³/mol. The Hall–Kier alpha value is -2.49. The highest BCUT2D eigenvalue weighted by Crippen LogP contribution is 2.30. The van der Waals surface area contributed by atoms with Crippen LogP contribution in [0.4, 0.5) is 0 Å². The summed E-state index contributed by atoms with van der Waals surface area (Å²) in [5, 5.41) is 0. The van der Waals surface area contributed by atoms with Crippen molar-refractivity contribution in [1.82, 2.24) is 4.90 Å². The molecule has 0 heterocycles. The fourth-order valence-corrected chi connectivity index (χ4v) is 2.71. The third-order valence-corrected chi connectivity index (χ3v) is 4.29. The van der Waals surface area contributed by atoms with Gasteiger partial charge in [0.05, 0.1) is 14.2 Å². The molecule has 1 amide bonds. The zero-order valence-electron chi connectivity index (χ0n) is 15.1. The van der Waals surface area contributed by atoms with Crippen LogP contribution in [-0.4, -0.2) is 31.6 Å². The first-order valence-corrected chi connectivity index (χ1v) is 8.08. The number of aryl methyl sites for hydroxylation is 1. The molecule has 2 rings (SSSR count). The normalized spacial score (nSPS) is 10.4. The van der Waals surface area contributed by atoms with Gasteiger partial charge in [0, 0.05) is 24.2 Å². The molecule has 4 nitrogen and oxygen atoms in total. The fourth-order valence-electron chi connectivity index (χ4n) is 2.71. The lowest BCUT2D eigenvalue weighted by molar-refractivity contribution is 0.0751. The summed E-state index contributed by atoms with van der Waals surface area (Å²) in [5.41, 5.74) is 3.80. The number of carbonyl (C=O) groups is 1. The van der Waals surface area contributed by atoms with Crippen molar-refractivity contribution >= 4 is 5.91 Å². The molecule has 0 radical (unpaired) electrons. The van der Waals surface area contributed by atoms with Crippen molar-refractivity contribution in [3.8, 4) is 11.5 Å². The summed E-state index contributed by atoms with van der Waals surface area (Å²) in [6.45, 7) is 7.17. The van der Waals surface area contributed by atoms with Crippen LogP contribution < -0.4 is 9.47 Å². The van der Waals surface area contributed by atoms with E-state index < -0.39 is 0 Å². The Bertz CT molecular complexity index is 700. The Morgan fingerprint density at radius 1 is 1.04 bits per heavy atom. The molecule has 0 N–H and O–H groups in total. The van der Waals surface area contributed by atoms with Crippen LogP contribution in [0.25, 0.3) is 0 Å². The van der Waals surface area contributed by atoms with Crippen molar-refractivity contribution < 1.29 is 14.3 Å². The molecule has 2 aromatic carbocycles. The van der Waals surface area contributed by atoms with E-state index in [2.05, 4.69) is 19.1 Å². The smallest absolute Gasteiger partial charge is 0.254 e. The van der Waals surface area contributed by atoms with Crippen molar-refractivity contribution in [2.75, 3.05) is 20.8 Å². The molecular weight excluding hydrogens is 302 g/mol. The topological polar surface area (TPSA) is 38.8 Å². The maximum atomic E-state index is 13.0. The summed E-state index contributed by atoms with van der Waals surface area (Å²) in [7, 11) is 3.20. The first-order chi connectivity index (χ1) is 11.5. The van der Waals surface area contributed by atoms with Crippen molar-refractivity contribution in [1.29, 1.82) is 0 Å². The number of benzene rings is 2. The molecule has 0 spiro atoms. The van der Waals surface area contributed by atoms with Gasteiger partial charge in [-0.3, -0.25) is 4.79 Å². The van der Waals surface area contributed by atoms with E-state index in [4.69, 9.17) is 9.47 Å². The van der Waals surface area contributed by atoms with E-state index in [1.165, 1.54) is 5.56 Å². The zero-order valence-corrected chi connectivity index (χ0v) is 15.1. The third-order valence-electron chi connectivity index (χ3n) is 4.29. The molecule has 24 heavy (non-hydrogen) atoms. The number of hydrogen-bond donors (Lipinski definition) is 0. The minimum absolute atomic E-state index is 0.0302. The van der Waals surface area contributed by atoms with Gasteiger partial charge in [-0.05, 0) is 44.0 Å². The van der Waals surface area contributed by atoms with Gasteiger partial charge in [0.15, 0.2) is 0 Å². The second-order valence-electron chi connectivity index (χ2n) is 5.75. The van der Waals surface area contributed by atoms with Gasteiger partial charge in [-0.15, -0.1) is 0 Å². The van der Waals surface area contributed by atoms with Gasteiger partial charge < -0.3 is 14.4 Å². The van der Waals surface area contributed by atoms with E-state index >= 15 is 0 Å². The lowest BCUT2D eigenvalue weighted by Crippen LogP contribution is -2.30. The van der Waals surface area contributed by atoms with Crippen LogP contribution in [-0.2, 0) is 6.54 Å². The van der Waals surface area contributed by atoms with E-state index in [1.54, 1.807) is 26.4 Å². The molecule has 2 aromatic rings. The number of nitrogens with zero attached hydrogens (tertiary/aromatic N) is 1. The Kier molecular flexibility index (Phi) is 5.85. The van der Waals surface area contributed by atoms with Crippen molar-refractivity contribution in [3.63, 3.8) is 0 Å². The van der Waals surface area contributed by atoms with Gasteiger partial charge >= 0.3 is 0 Å². The maximum Gasteiger partial charge on any atom is 0.254 e. The Morgan fingerprint density at radius 3 is 2.12 bits per heavy atom. The molecule has 4 heteroatoms. The number of ether oxygens (including phenoxy) is 2. The van der Waals surface area contributed by atoms with Crippen LogP contribution in [0.5, 0.6) is 11.5 Å². The van der Waals surface area contributed by atoms with Gasteiger partial charge in [0.2, 0.25) is 0 Å². The number of amides is 1. The van der Waals surface area contributed by atoms with Crippen LogP contribution in [0.15, 0.2) is 36.4 Å². The summed E-state index contributed by atoms with van der Waals surface area (Å²) in [6, 6.07) is 11.7. The largest absolute Gasteiger partial charge is 0.496 e. The van der Waals surface area contributed by atoms with Crippen LogP contribution >= 0.6 is 0 Å². The molecule has 0 unspecified atom stereocenters. The summed E-state index contributed by atoms with van der Waals surface area (Å²) in [6.07, 6.45) is 0. The van der Waals surface area contributed by atoms with Crippen molar-refractivity contribution in [2.45, 2.75) is 27.3 Å². The lowest BCUT2D eigenvalue weighted by atomic mass is 10.1. The minimum atomic E-state index is -0.0302. The predicted octanol–water partition coefficient (Wildman–Crippen LogP) is 3.98. The van der Waals surface area contributed by atoms with Crippen LogP contribution in [0, 0.1) is 13.8 Å². The van der Waals surface area contributed by atoms with Gasteiger partial charge in [-0.25, -0.2) is 0 Å². The van der Waals surface area contributed by atoms with E-state index in [0.29, 0.717) is 30.2 Å². The summed E-state index contributed by atoms with van der Waals surface area (Å²) in [5.74, 6) is 1.28. The lowest BCUT2D eigenvalue weighted by Gasteiger charge is -2.23. The van der Waals surface area contributed by atoms with Crippen LogP contribution in [0.2, 0.25) is 0 Å². The molecule has 0 aliphatic heterocycles. The molecule has 0 fully saturated rings. The molecule has 0 aromatic heterocycles. The highest BCUT2D eigenvalue weighted by atomic mass is 16.5. The number of carbonyl (C=O) groups excluding carboxylic acids is 1. The minimum Gasteiger partial charge on any atom is -0.496 e. The average molecular weight is 327 g/mol. The monoisotopic (exact) mass is 327 g/mol. The molecule has 128 valence electrons. The summed E-state index contributed by atoms with van der Waals surface area (Å²) < 4.78 is 10.8. The van der Waals surface area contributed by atoms with Gasteiger partial charge in [0.1, 0.15) is 11.5 Å². The van der Waals surface area contributed by atoms with E-state index in [1.807, 2.05) is 30.9 Å². The molecule has 0 saturated carbocycles. The SMILES string of the molecule is CCN(Cc1ccccc1C)C(=O)c1cc(OC)c(C)c(OC)c1. The maximum absolute atomic E-state index is 13.0. The van der Waals surface area contributed by atoms with Crippen LogP contribution in [0.1, 0.15) is 34.0 Å². The Morgan fingerprint density at radius 2 is 1.62 bits per heavy atom. The van der Waals surface area contributed by atoms with Crippen molar-refractivity contribution in [2.24, 2.45) is 0 Å². The highest BCUT2D eigenvalue weighted by molar-refractivity contribution is 5.95. The van der Waals surface area contributed by atoms with E-state index in [9.17, 15) is 4.79 Å². The van der Waals surface area contributed by atoms with Crippen molar-refractivity contribution in [3.05, 3.63) is 58.7 Å². The Labute approximate surface area is 144 Å². The van der Waals surface area contributed by atoms with E-state index in [0.717, 1.165) is 11.1 Å². The standard InChI is InChI=1S/C20H25NO3/c1-6-21(13-16-10-8-7-9-14(16)2)20(22)17-11-18(23-4)15(3)19(12-17)24-5/h7-12H,6,13H2,1-5H3. The van der Waals surface area contributed by atoms with Crippen LogP contribution in [0.3, 0.4) is 0 Å². The molecule has 0 atom stereocenters. The fraction of sp³-hybridized carbons (Fsp3) is 0.350. The van der Waals surface area contributed by atoms with E-state index in [-0.39, 0.29) is 5.91 Å². The first-order valence-electron chi connectivity index (χ1n) is 8.08. The second kappa shape index (κ2) is 7.86. The average Bonchev–Trinajstić information content (AvgIpc) is 2.60. The first kappa shape index (κ1) is 17.9. The highest BCUT2D eigenvalue weighted by Gasteiger charge is 2.19. The quantitative estimate of drug-likeness (QED) is 0.805. The molecule has 0 aliphatic rings. The molecule has 0 bridgehead atoms. The Balaban J connectivity index is 2.33. The van der Waals surface area contributed by atoms with Gasteiger partial charge in [0.25, 0.3) is 5.91 Å². The number of methoxy groups -OCH3 is 2. The molecule has 0 aliphatic carbocycles. The third kappa shape index (κ3) is 3.70. The summed E-state index contributed by atoms with van der Waals surface area (Å²) in [4.78, 5) is 14.8. The number of hydrogen-bond acceptors (Lipinski definition) is 3.